The highest BCUT2D eigenvalue weighted by Crippen LogP contribution is 2.11. The summed E-state index contributed by atoms with van der Waals surface area (Å²) in [5.74, 6) is 0. The van der Waals surface area contributed by atoms with E-state index in [0.717, 1.165) is 38.3 Å². The molecule has 0 spiro atoms. The number of aldehydes is 1. The van der Waals surface area contributed by atoms with Crippen LogP contribution in [-0.2, 0) is 9.53 Å². The molecule has 0 aromatic rings. The Morgan fingerprint density at radius 1 is 1.40 bits per heavy atom. The maximum Gasteiger partial charge on any atom is 0.150 e. The van der Waals surface area contributed by atoms with Gasteiger partial charge in [-0.05, 0) is 13.0 Å². The van der Waals surface area contributed by atoms with E-state index < -0.39 is 0 Å². The zero-order valence-electron chi connectivity index (χ0n) is 9.11. The van der Waals surface area contributed by atoms with Gasteiger partial charge in [0, 0.05) is 24.4 Å². The smallest absolute Gasteiger partial charge is 0.150 e. The molecule has 1 saturated heterocycles. The summed E-state index contributed by atoms with van der Waals surface area (Å²) in [6.07, 6.45) is 6.23. The maximum atomic E-state index is 10.7. The van der Waals surface area contributed by atoms with Crippen molar-refractivity contribution in [3.63, 3.8) is 0 Å². The number of allylic oxidation sites excluding steroid dienone is 4. The number of morpholine rings is 1. The van der Waals surface area contributed by atoms with Crippen LogP contribution in [0.2, 0.25) is 0 Å². The Bertz CT molecular complexity index is 276. The van der Waals surface area contributed by atoms with Gasteiger partial charge in [0.25, 0.3) is 0 Å². The highest BCUT2D eigenvalue weighted by atomic mass is 16.5. The molecule has 0 bridgehead atoms. The number of hydrogen-bond donors (Lipinski definition) is 0. The van der Waals surface area contributed by atoms with E-state index in [1.807, 2.05) is 19.1 Å². The van der Waals surface area contributed by atoms with Crippen molar-refractivity contribution < 1.29 is 9.53 Å². The number of hydrogen-bond acceptors (Lipinski definition) is 3. The van der Waals surface area contributed by atoms with Crippen molar-refractivity contribution in [1.82, 2.24) is 4.90 Å². The number of carbonyl (C=O) groups is 1. The third-order valence-electron chi connectivity index (χ3n) is 2.36. The number of rotatable bonds is 4. The molecule has 0 radical (unpaired) electrons. The SMILES string of the molecule is C=C/C(C=O)=C\C(=C/C)N1CCOCC1. The molecule has 0 atom stereocenters. The third kappa shape index (κ3) is 3.36. The number of carbonyl (C=O) groups excluding carboxylic acids is 1. The average molecular weight is 207 g/mol. The molecule has 0 aromatic carbocycles. The second-order valence-corrected chi connectivity index (χ2v) is 3.28. The molecule has 1 aliphatic heterocycles. The van der Waals surface area contributed by atoms with Crippen LogP contribution in [-0.4, -0.2) is 37.5 Å². The molecule has 3 heteroatoms. The first-order chi connectivity index (χ1) is 7.31. The number of ether oxygens (including phenoxy) is 1. The van der Waals surface area contributed by atoms with Gasteiger partial charge in [0.15, 0.2) is 0 Å². The summed E-state index contributed by atoms with van der Waals surface area (Å²) in [4.78, 5) is 12.9. The Hall–Kier alpha value is -1.35. The van der Waals surface area contributed by atoms with E-state index in [1.165, 1.54) is 0 Å². The topological polar surface area (TPSA) is 29.5 Å². The second-order valence-electron chi connectivity index (χ2n) is 3.28. The van der Waals surface area contributed by atoms with E-state index in [4.69, 9.17) is 4.74 Å². The predicted molar refractivity (Wildman–Crippen MR) is 60.5 cm³/mol. The second kappa shape index (κ2) is 6.19. The predicted octanol–water partition coefficient (Wildman–Crippen LogP) is 1.53. The van der Waals surface area contributed by atoms with Gasteiger partial charge in [-0.1, -0.05) is 18.7 Å². The molecule has 1 aliphatic rings. The van der Waals surface area contributed by atoms with Gasteiger partial charge in [0.05, 0.1) is 13.2 Å². The fourth-order valence-electron chi connectivity index (χ4n) is 1.49. The van der Waals surface area contributed by atoms with Crippen molar-refractivity contribution >= 4 is 6.29 Å². The van der Waals surface area contributed by atoms with Crippen LogP contribution in [0.15, 0.2) is 36.1 Å². The minimum atomic E-state index is 0.606. The molecule has 1 heterocycles. The largest absolute Gasteiger partial charge is 0.378 e. The summed E-state index contributed by atoms with van der Waals surface area (Å²) in [5.41, 5.74) is 1.66. The zero-order chi connectivity index (χ0) is 11.1. The zero-order valence-corrected chi connectivity index (χ0v) is 9.11. The van der Waals surface area contributed by atoms with Crippen molar-refractivity contribution in [3.8, 4) is 0 Å². The maximum absolute atomic E-state index is 10.7. The minimum Gasteiger partial charge on any atom is -0.378 e. The first kappa shape index (κ1) is 11.7. The molecule has 0 aromatic heterocycles. The quantitative estimate of drug-likeness (QED) is 0.398. The Morgan fingerprint density at radius 3 is 2.53 bits per heavy atom. The van der Waals surface area contributed by atoms with Crippen LogP contribution in [0, 0.1) is 0 Å². The molecule has 3 nitrogen and oxygen atoms in total. The van der Waals surface area contributed by atoms with Gasteiger partial charge >= 0.3 is 0 Å². The van der Waals surface area contributed by atoms with Gasteiger partial charge in [0.2, 0.25) is 0 Å². The summed E-state index contributed by atoms with van der Waals surface area (Å²) < 4.78 is 5.27. The van der Waals surface area contributed by atoms with Crippen LogP contribution < -0.4 is 0 Å². The average Bonchev–Trinajstić information content (AvgIpc) is 2.32. The summed E-state index contributed by atoms with van der Waals surface area (Å²) in [7, 11) is 0. The van der Waals surface area contributed by atoms with E-state index in [1.54, 1.807) is 6.08 Å². The van der Waals surface area contributed by atoms with Crippen molar-refractivity contribution in [2.75, 3.05) is 26.3 Å². The Morgan fingerprint density at radius 2 is 2.07 bits per heavy atom. The van der Waals surface area contributed by atoms with Crippen LogP contribution in [0.25, 0.3) is 0 Å². The molecule has 1 fully saturated rings. The lowest BCUT2D eigenvalue weighted by atomic mass is 10.2. The van der Waals surface area contributed by atoms with Gasteiger partial charge in [-0.3, -0.25) is 4.79 Å². The van der Waals surface area contributed by atoms with Gasteiger partial charge in [-0.25, -0.2) is 0 Å². The lowest BCUT2D eigenvalue weighted by Crippen LogP contribution is -2.35. The highest BCUT2D eigenvalue weighted by Gasteiger charge is 2.11. The summed E-state index contributed by atoms with van der Waals surface area (Å²) in [6, 6.07) is 0. The highest BCUT2D eigenvalue weighted by molar-refractivity contribution is 5.78. The molecule has 82 valence electrons. The van der Waals surface area contributed by atoms with E-state index in [-0.39, 0.29) is 0 Å². The van der Waals surface area contributed by atoms with Crippen LogP contribution in [0.3, 0.4) is 0 Å². The molecular weight excluding hydrogens is 190 g/mol. The Kier molecular flexibility index (Phi) is 4.84. The van der Waals surface area contributed by atoms with E-state index in [9.17, 15) is 4.79 Å². The van der Waals surface area contributed by atoms with Crippen molar-refractivity contribution in [3.05, 3.63) is 36.1 Å². The standard InChI is InChI=1S/C12H17NO2/c1-3-11(10-14)9-12(4-2)13-5-7-15-8-6-13/h3-4,9-10H,1,5-8H2,2H3/b11-9+,12-4+. The summed E-state index contributed by atoms with van der Waals surface area (Å²) in [5, 5.41) is 0. The minimum absolute atomic E-state index is 0.606. The lowest BCUT2D eigenvalue weighted by Gasteiger charge is -2.29. The number of nitrogens with zero attached hydrogens (tertiary/aromatic N) is 1. The van der Waals surface area contributed by atoms with Crippen LogP contribution in [0.1, 0.15) is 6.92 Å². The fraction of sp³-hybridized carbons (Fsp3) is 0.417. The van der Waals surface area contributed by atoms with Crippen molar-refractivity contribution in [2.24, 2.45) is 0 Å². The van der Waals surface area contributed by atoms with Crippen molar-refractivity contribution in [1.29, 1.82) is 0 Å². The molecule has 0 aliphatic carbocycles. The van der Waals surface area contributed by atoms with E-state index in [2.05, 4.69) is 11.5 Å². The van der Waals surface area contributed by atoms with Crippen LogP contribution >= 0.6 is 0 Å². The molecule has 0 saturated carbocycles. The monoisotopic (exact) mass is 207 g/mol. The third-order valence-corrected chi connectivity index (χ3v) is 2.36. The van der Waals surface area contributed by atoms with Gasteiger partial charge in [-0.15, -0.1) is 0 Å². The normalized spacial score (nSPS) is 18.9. The summed E-state index contributed by atoms with van der Waals surface area (Å²) in [6.45, 7) is 8.80. The molecule has 0 N–H and O–H groups in total. The first-order valence-corrected chi connectivity index (χ1v) is 5.10. The molecule has 15 heavy (non-hydrogen) atoms. The first-order valence-electron chi connectivity index (χ1n) is 5.10. The van der Waals surface area contributed by atoms with Gasteiger partial charge < -0.3 is 9.64 Å². The Labute approximate surface area is 90.7 Å². The summed E-state index contributed by atoms with van der Waals surface area (Å²) >= 11 is 0. The van der Waals surface area contributed by atoms with Gasteiger partial charge in [-0.2, -0.15) is 0 Å². The molecule has 0 unspecified atom stereocenters. The lowest BCUT2D eigenvalue weighted by molar-refractivity contribution is -0.104. The molecular formula is C12H17NO2. The molecule has 1 rings (SSSR count). The van der Waals surface area contributed by atoms with Crippen LogP contribution in [0.4, 0.5) is 0 Å². The van der Waals surface area contributed by atoms with Gasteiger partial charge in [0.1, 0.15) is 6.29 Å². The van der Waals surface area contributed by atoms with Crippen LogP contribution in [0.5, 0.6) is 0 Å². The van der Waals surface area contributed by atoms with E-state index in [0.29, 0.717) is 5.57 Å². The van der Waals surface area contributed by atoms with Crippen molar-refractivity contribution in [2.45, 2.75) is 6.92 Å². The fourth-order valence-corrected chi connectivity index (χ4v) is 1.49. The van der Waals surface area contributed by atoms with E-state index >= 15 is 0 Å². The Balaban J connectivity index is 2.74. The molecule has 0 amide bonds.